The average Bonchev–Trinajstić information content (AvgIpc) is 2.27. The molecule has 0 saturated carbocycles. The summed E-state index contributed by atoms with van der Waals surface area (Å²) < 4.78 is 0. The molecule has 3 heteroatoms. The Labute approximate surface area is 92.4 Å². The smallest absolute Gasteiger partial charge is 0.151 e. The first-order valence-corrected chi connectivity index (χ1v) is 6.16. The van der Waals surface area contributed by atoms with Crippen molar-refractivity contribution in [2.24, 2.45) is 5.92 Å². The monoisotopic (exact) mass is 210 g/mol. The van der Waals surface area contributed by atoms with Crippen molar-refractivity contribution in [3.05, 3.63) is 0 Å². The van der Waals surface area contributed by atoms with Crippen LogP contribution in [-0.4, -0.2) is 54.3 Å². The topological polar surface area (TPSA) is 23.6 Å². The molecule has 0 spiro atoms. The molecular formula is C12H22N2O. The second-order valence-electron chi connectivity index (χ2n) is 5.25. The minimum Gasteiger partial charge on any atom is -0.299 e. The normalized spacial score (nSPS) is 34.7. The van der Waals surface area contributed by atoms with E-state index in [1.54, 1.807) is 0 Å². The molecule has 1 unspecified atom stereocenters. The summed E-state index contributed by atoms with van der Waals surface area (Å²) in [5, 5.41) is 0. The molecule has 3 heterocycles. The lowest BCUT2D eigenvalue weighted by Crippen LogP contribution is -2.63. The molecular weight excluding hydrogens is 188 g/mol. The van der Waals surface area contributed by atoms with Gasteiger partial charge in [0.1, 0.15) is 0 Å². The summed E-state index contributed by atoms with van der Waals surface area (Å²) in [6.45, 7) is 9.86. The van der Waals surface area contributed by atoms with E-state index in [0.717, 1.165) is 45.6 Å². The van der Waals surface area contributed by atoms with E-state index in [0.29, 0.717) is 11.7 Å². The van der Waals surface area contributed by atoms with Gasteiger partial charge in [-0.25, -0.2) is 0 Å². The summed E-state index contributed by atoms with van der Waals surface area (Å²) in [7, 11) is 0. The first-order chi connectivity index (χ1) is 7.16. The summed E-state index contributed by atoms with van der Waals surface area (Å²) >= 11 is 0. The Bertz CT molecular complexity index is 232. The molecule has 0 aliphatic carbocycles. The van der Waals surface area contributed by atoms with E-state index in [1.165, 1.54) is 0 Å². The third-order valence-corrected chi connectivity index (χ3v) is 3.62. The van der Waals surface area contributed by atoms with E-state index in [1.807, 2.05) is 0 Å². The third-order valence-electron chi connectivity index (χ3n) is 3.62. The Morgan fingerprint density at radius 1 is 1.27 bits per heavy atom. The minimum absolute atomic E-state index is 0.214. The standard InChI is InChI=1S/C12H22N2O/c1-10(2)3-4-12(15)11-9-13-5-7-14(11)8-6-13/h10-11H,3-9H2,1-2H3. The number of ketones is 1. The van der Waals surface area contributed by atoms with Crippen molar-refractivity contribution in [2.45, 2.75) is 32.7 Å². The van der Waals surface area contributed by atoms with E-state index in [9.17, 15) is 4.79 Å². The SMILES string of the molecule is CC(C)CCC(=O)C1CN2CCN1CC2. The highest BCUT2D eigenvalue weighted by atomic mass is 16.1. The highest BCUT2D eigenvalue weighted by Gasteiger charge is 2.35. The van der Waals surface area contributed by atoms with Crippen molar-refractivity contribution in [3.8, 4) is 0 Å². The highest BCUT2D eigenvalue weighted by Crippen LogP contribution is 2.18. The zero-order valence-corrected chi connectivity index (χ0v) is 9.91. The van der Waals surface area contributed by atoms with E-state index in [-0.39, 0.29) is 6.04 Å². The van der Waals surface area contributed by atoms with Crippen LogP contribution in [0, 0.1) is 5.92 Å². The van der Waals surface area contributed by atoms with Crippen LogP contribution in [0.2, 0.25) is 0 Å². The summed E-state index contributed by atoms with van der Waals surface area (Å²) in [6, 6.07) is 0.214. The summed E-state index contributed by atoms with van der Waals surface area (Å²) in [5.41, 5.74) is 0. The van der Waals surface area contributed by atoms with Gasteiger partial charge in [-0.3, -0.25) is 14.6 Å². The van der Waals surface area contributed by atoms with E-state index in [4.69, 9.17) is 0 Å². The zero-order chi connectivity index (χ0) is 10.8. The Balaban J connectivity index is 1.85. The third kappa shape index (κ3) is 2.58. The van der Waals surface area contributed by atoms with Gasteiger partial charge in [0.05, 0.1) is 6.04 Å². The van der Waals surface area contributed by atoms with Crippen LogP contribution >= 0.6 is 0 Å². The van der Waals surface area contributed by atoms with Gasteiger partial charge in [0, 0.05) is 39.1 Å². The van der Waals surface area contributed by atoms with Gasteiger partial charge in [-0.1, -0.05) is 13.8 Å². The lowest BCUT2D eigenvalue weighted by atomic mass is 9.97. The molecule has 3 rings (SSSR count). The molecule has 3 fully saturated rings. The van der Waals surface area contributed by atoms with Crippen molar-refractivity contribution in [3.63, 3.8) is 0 Å². The molecule has 15 heavy (non-hydrogen) atoms. The maximum absolute atomic E-state index is 12.0. The fourth-order valence-corrected chi connectivity index (χ4v) is 2.52. The van der Waals surface area contributed by atoms with Crippen molar-refractivity contribution in [2.75, 3.05) is 32.7 Å². The fraction of sp³-hybridized carbons (Fsp3) is 0.917. The van der Waals surface area contributed by atoms with Crippen LogP contribution in [-0.2, 0) is 4.79 Å². The van der Waals surface area contributed by atoms with Gasteiger partial charge in [-0.2, -0.15) is 0 Å². The van der Waals surface area contributed by atoms with Gasteiger partial charge in [-0.15, -0.1) is 0 Å². The molecule has 2 bridgehead atoms. The highest BCUT2D eigenvalue weighted by molar-refractivity contribution is 5.84. The Morgan fingerprint density at radius 2 is 1.93 bits per heavy atom. The number of hydrogen-bond acceptors (Lipinski definition) is 3. The first-order valence-electron chi connectivity index (χ1n) is 6.16. The molecule has 0 radical (unpaired) electrons. The Hall–Kier alpha value is -0.410. The molecule has 1 atom stereocenters. The van der Waals surface area contributed by atoms with Gasteiger partial charge in [0.25, 0.3) is 0 Å². The zero-order valence-electron chi connectivity index (χ0n) is 9.91. The molecule has 0 aromatic rings. The second kappa shape index (κ2) is 4.62. The number of piperazine rings is 3. The molecule has 0 N–H and O–H groups in total. The molecule has 86 valence electrons. The Morgan fingerprint density at radius 3 is 2.40 bits per heavy atom. The van der Waals surface area contributed by atoms with Crippen LogP contribution < -0.4 is 0 Å². The van der Waals surface area contributed by atoms with Crippen molar-refractivity contribution in [1.82, 2.24) is 9.80 Å². The average molecular weight is 210 g/mol. The minimum atomic E-state index is 0.214. The van der Waals surface area contributed by atoms with Crippen LogP contribution in [0.4, 0.5) is 0 Å². The van der Waals surface area contributed by atoms with Crippen LogP contribution in [0.5, 0.6) is 0 Å². The van der Waals surface area contributed by atoms with Gasteiger partial charge >= 0.3 is 0 Å². The van der Waals surface area contributed by atoms with Gasteiger partial charge < -0.3 is 0 Å². The maximum atomic E-state index is 12.0. The quantitative estimate of drug-likeness (QED) is 0.691. The van der Waals surface area contributed by atoms with Crippen molar-refractivity contribution >= 4 is 5.78 Å². The largest absolute Gasteiger partial charge is 0.299 e. The molecule has 0 amide bonds. The van der Waals surface area contributed by atoms with Crippen LogP contribution in [0.1, 0.15) is 26.7 Å². The summed E-state index contributed by atoms with van der Waals surface area (Å²) in [4.78, 5) is 16.8. The van der Waals surface area contributed by atoms with Crippen LogP contribution in [0.25, 0.3) is 0 Å². The predicted octanol–water partition coefficient (Wildman–Crippen LogP) is 0.991. The van der Waals surface area contributed by atoms with Crippen LogP contribution in [0.3, 0.4) is 0 Å². The lowest BCUT2D eigenvalue weighted by molar-refractivity contribution is -0.129. The number of hydrogen-bond donors (Lipinski definition) is 0. The number of carbonyl (C=O) groups is 1. The number of carbonyl (C=O) groups excluding carboxylic acids is 1. The molecule has 3 aliphatic heterocycles. The van der Waals surface area contributed by atoms with E-state index in [2.05, 4.69) is 23.6 Å². The second-order valence-corrected chi connectivity index (χ2v) is 5.25. The van der Waals surface area contributed by atoms with Gasteiger partial charge in [0.15, 0.2) is 5.78 Å². The molecule has 0 aromatic heterocycles. The Kier molecular flexibility index (Phi) is 3.42. The first kappa shape index (κ1) is 11.1. The molecule has 0 aromatic carbocycles. The number of rotatable bonds is 4. The van der Waals surface area contributed by atoms with Crippen LogP contribution in [0.15, 0.2) is 0 Å². The maximum Gasteiger partial charge on any atom is 0.151 e. The fourth-order valence-electron chi connectivity index (χ4n) is 2.52. The lowest BCUT2D eigenvalue weighted by Gasteiger charge is -2.46. The number of Topliss-reactive ketones (excluding diaryl/α,β-unsaturated/α-hetero) is 1. The van der Waals surface area contributed by atoms with Crippen molar-refractivity contribution in [1.29, 1.82) is 0 Å². The van der Waals surface area contributed by atoms with E-state index >= 15 is 0 Å². The number of nitrogens with zero attached hydrogens (tertiary/aromatic N) is 2. The van der Waals surface area contributed by atoms with E-state index < -0.39 is 0 Å². The van der Waals surface area contributed by atoms with Gasteiger partial charge in [0.2, 0.25) is 0 Å². The number of fused-ring (bicyclic) bond motifs is 3. The molecule has 3 nitrogen and oxygen atoms in total. The summed E-state index contributed by atoms with van der Waals surface area (Å²) in [6.07, 6.45) is 1.82. The van der Waals surface area contributed by atoms with Gasteiger partial charge in [-0.05, 0) is 12.3 Å². The van der Waals surface area contributed by atoms with Crippen molar-refractivity contribution < 1.29 is 4.79 Å². The molecule has 3 saturated heterocycles. The molecule has 3 aliphatic rings. The summed E-state index contributed by atoms with van der Waals surface area (Å²) in [5.74, 6) is 1.11. The predicted molar refractivity (Wildman–Crippen MR) is 60.9 cm³/mol.